The normalized spacial score (nSPS) is 10.9. The summed E-state index contributed by atoms with van der Waals surface area (Å²) in [5, 5.41) is 4.42. The maximum Gasteiger partial charge on any atom is 0.340 e. The van der Waals surface area contributed by atoms with E-state index in [2.05, 4.69) is 5.32 Å². The van der Waals surface area contributed by atoms with E-state index in [4.69, 9.17) is 4.74 Å². The Morgan fingerprint density at radius 3 is 2.51 bits per heavy atom. The van der Waals surface area contributed by atoms with Gasteiger partial charge in [0.05, 0.1) is 29.9 Å². The molecule has 0 saturated carbocycles. The van der Waals surface area contributed by atoms with E-state index < -0.39 is 17.6 Å². The summed E-state index contributed by atoms with van der Waals surface area (Å²) in [4.78, 5) is 51.7. The monoisotopic (exact) mass is 491 g/mol. The summed E-state index contributed by atoms with van der Waals surface area (Å²) >= 11 is 1.22. The molecule has 0 aliphatic heterocycles. The smallest absolute Gasteiger partial charge is 0.340 e. The van der Waals surface area contributed by atoms with Gasteiger partial charge in [0, 0.05) is 0 Å². The molecule has 1 N–H and O–H groups in total. The molecule has 4 rings (SSSR count). The van der Waals surface area contributed by atoms with Crippen molar-refractivity contribution in [2.75, 3.05) is 11.9 Å². The number of carbonyl (C=O) groups is 2. The quantitative estimate of drug-likeness (QED) is 0.398. The first-order valence-corrected chi connectivity index (χ1v) is 12.0. The maximum absolute atomic E-state index is 13.4. The highest BCUT2D eigenvalue weighted by molar-refractivity contribution is 7.17. The molecule has 0 aliphatic rings. The lowest BCUT2D eigenvalue weighted by Gasteiger charge is -2.14. The number of aromatic nitrogens is 2. The van der Waals surface area contributed by atoms with Gasteiger partial charge in [0.15, 0.2) is 0 Å². The molecule has 2 aromatic carbocycles. The minimum atomic E-state index is -0.576. The van der Waals surface area contributed by atoms with Crippen LogP contribution in [0.15, 0.2) is 63.5 Å². The summed E-state index contributed by atoms with van der Waals surface area (Å²) in [6.45, 7) is 5.64. The van der Waals surface area contributed by atoms with Gasteiger partial charge in [-0.15, -0.1) is 11.3 Å². The van der Waals surface area contributed by atoms with Gasteiger partial charge >= 0.3 is 11.7 Å². The van der Waals surface area contributed by atoms with Gasteiger partial charge in [-0.1, -0.05) is 30.3 Å². The summed E-state index contributed by atoms with van der Waals surface area (Å²) in [5.41, 5.74) is 2.94. The third-order valence-corrected chi connectivity index (χ3v) is 6.64. The summed E-state index contributed by atoms with van der Waals surface area (Å²) in [7, 11) is 0. The number of thiophene rings is 1. The van der Waals surface area contributed by atoms with E-state index in [1.807, 2.05) is 32.0 Å². The predicted octanol–water partition coefficient (Wildman–Crippen LogP) is 3.71. The van der Waals surface area contributed by atoms with Crippen LogP contribution in [0.3, 0.4) is 0 Å². The molecule has 35 heavy (non-hydrogen) atoms. The summed E-state index contributed by atoms with van der Waals surface area (Å²) in [5.74, 6) is -1.06. The van der Waals surface area contributed by atoms with E-state index in [1.54, 1.807) is 42.6 Å². The van der Waals surface area contributed by atoms with Crippen LogP contribution in [0.1, 0.15) is 34.0 Å². The van der Waals surface area contributed by atoms with Crippen molar-refractivity contribution < 1.29 is 14.3 Å². The van der Waals surface area contributed by atoms with Gasteiger partial charge < -0.3 is 10.1 Å². The van der Waals surface area contributed by atoms with Crippen molar-refractivity contribution >= 4 is 39.1 Å². The van der Waals surface area contributed by atoms with Crippen LogP contribution in [0.25, 0.3) is 10.2 Å². The Morgan fingerprint density at radius 1 is 1.00 bits per heavy atom. The molecule has 0 unspecified atom stereocenters. The number of benzene rings is 2. The number of aryl methyl sites for hydroxylation is 2. The van der Waals surface area contributed by atoms with Crippen molar-refractivity contribution in [2.24, 2.45) is 0 Å². The number of nitrogens with one attached hydrogen (secondary N) is 1. The second kappa shape index (κ2) is 10.1. The number of rotatable bonds is 7. The van der Waals surface area contributed by atoms with E-state index >= 15 is 0 Å². The molecule has 0 atom stereocenters. The first kappa shape index (κ1) is 24.2. The Hall–Kier alpha value is -3.98. The van der Waals surface area contributed by atoms with Crippen molar-refractivity contribution in [3.8, 4) is 0 Å². The highest BCUT2D eigenvalue weighted by atomic mass is 32.1. The standard InChI is InChI=1S/C26H25N3O5S/c1-4-34-25(32)19-7-5-6-8-20(19)27-22(30)15-28-21-11-12-35-23(21)24(31)29(26(28)33)14-18-10-9-16(2)17(3)13-18/h5-13H,4,14-15H2,1-3H3,(H,27,30). The lowest BCUT2D eigenvalue weighted by Crippen LogP contribution is -2.41. The van der Waals surface area contributed by atoms with Crippen molar-refractivity contribution in [1.82, 2.24) is 9.13 Å². The summed E-state index contributed by atoms with van der Waals surface area (Å²) in [6.07, 6.45) is 0. The van der Waals surface area contributed by atoms with Crippen LogP contribution in [-0.4, -0.2) is 27.6 Å². The highest BCUT2D eigenvalue weighted by Crippen LogP contribution is 2.18. The van der Waals surface area contributed by atoms with E-state index in [0.717, 1.165) is 21.3 Å². The number of anilines is 1. The molecule has 4 aromatic rings. The van der Waals surface area contributed by atoms with Crippen molar-refractivity contribution in [3.05, 3.63) is 97.0 Å². The van der Waals surface area contributed by atoms with Gasteiger partial charge in [-0.05, 0) is 61.0 Å². The summed E-state index contributed by atoms with van der Waals surface area (Å²) < 4.78 is 7.89. The van der Waals surface area contributed by atoms with Crippen LogP contribution in [0.5, 0.6) is 0 Å². The molecule has 0 bridgehead atoms. The third-order valence-electron chi connectivity index (χ3n) is 5.75. The second-order valence-corrected chi connectivity index (χ2v) is 9.04. The van der Waals surface area contributed by atoms with E-state index in [0.29, 0.717) is 10.2 Å². The molecule has 0 radical (unpaired) electrons. The minimum Gasteiger partial charge on any atom is -0.462 e. The fourth-order valence-electron chi connectivity index (χ4n) is 3.82. The zero-order valence-corrected chi connectivity index (χ0v) is 20.5. The molecule has 0 aliphatic carbocycles. The number of hydrogen-bond acceptors (Lipinski definition) is 6. The molecule has 9 heteroatoms. The highest BCUT2D eigenvalue weighted by Gasteiger charge is 2.19. The second-order valence-electron chi connectivity index (χ2n) is 8.13. The van der Waals surface area contributed by atoms with E-state index in [-0.39, 0.29) is 36.5 Å². The molecule has 0 saturated heterocycles. The molecule has 1 amide bonds. The number of ether oxygens (including phenoxy) is 1. The van der Waals surface area contributed by atoms with Crippen LogP contribution in [-0.2, 0) is 22.6 Å². The van der Waals surface area contributed by atoms with E-state index in [9.17, 15) is 19.2 Å². The zero-order valence-electron chi connectivity index (χ0n) is 19.7. The molecule has 8 nitrogen and oxygen atoms in total. The summed E-state index contributed by atoms with van der Waals surface area (Å²) in [6, 6.07) is 13.9. The molecule has 0 fully saturated rings. The van der Waals surface area contributed by atoms with Crippen molar-refractivity contribution in [3.63, 3.8) is 0 Å². The van der Waals surface area contributed by atoms with Crippen molar-refractivity contribution in [1.29, 1.82) is 0 Å². The van der Waals surface area contributed by atoms with Gasteiger partial charge in [0.1, 0.15) is 11.2 Å². The Balaban J connectivity index is 1.69. The number of fused-ring (bicyclic) bond motifs is 1. The molecule has 2 aromatic heterocycles. The fourth-order valence-corrected chi connectivity index (χ4v) is 4.67. The first-order chi connectivity index (χ1) is 16.8. The Bertz CT molecular complexity index is 1550. The molecular weight excluding hydrogens is 466 g/mol. The Labute approximate surface area is 205 Å². The first-order valence-electron chi connectivity index (χ1n) is 11.1. The average Bonchev–Trinajstić information content (AvgIpc) is 3.32. The minimum absolute atomic E-state index is 0.0972. The lowest BCUT2D eigenvalue weighted by atomic mass is 10.1. The van der Waals surface area contributed by atoms with Gasteiger partial charge in [0.25, 0.3) is 5.56 Å². The number of amides is 1. The van der Waals surface area contributed by atoms with Gasteiger partial charge in [-0.25, -0.2) is 9.59 Å². The Morgan fingerprint density at radius 2 is 1.77 bits per heavy atom. The van der Waals surface area contributed by atoms with Gasteiger partial charge in [0.2, 0.25) is 5.91 Å². The number of hydrogen-bond donors (Lipinski definition) is 1. The number of para-hydroxylation sites is 1. The molecular formula is C26H25N3O5S. The number of nitrogens with zero attached hydrogens (tertiary/aromatic N) is 2. The van der Waals surface area contributed by atoms with E-state index in [1.165, 1.54) is 15.9 Å². The van der Waals surface area contributed by atoms with Gasteiger partial charge in [-0.3, -0.25) is 18.7 Å². The van der Waals surface area contributed by atoms with Crippen molar-refractivity contribution in [2.45, 2.75) is 33.9 Å². The number of carbonyl (C=O) groups excluding carboxylic acids is 2. The SMILES string of the molecule is CCOC(=O)c1ccccc1NC(=O)Cn1c(=O)n(Cc2ccc(C)c(C)c2)c(=O)c2sccc21. The van der Waals surface area contributed by atoms with Crippen LogP contribution >= 0.6 is 11.3 Å². The largest absolute Gasteiger partial charge is 0.462 e. The van der Waals surface area contributed by atoms with Crippen LogP contribution in [0.4, 0.5) is 5.69 Å². The van der Waals surface area contributed by atoms with Crippen LogP contribution in [0.2, 0.25) is 0 Å². The topological polar surface area (TPSA) is 99.4 Å². The lowest BCUT2D eigenvalue weighted by molar-refractivity contribution is -0.116. The molecule has 2 heterocycles. The molecule has 180 valence electrons. The van der Waals surface area contributed by atoms with Gasteiger partial charge in [-0.2, -0.15) is 0 Å². The maximum atomic E-state index is 13.4. The fraction of sp³-hybridized carbons (Fsp3) is 0.231. The number of esters is 1. The molecule has 0 spiro atoms. The third kappa shape index (κ3) is 4.95. The predicted molar refractivity (Wildman–Crippen MR) is 136 cm³/mol. The Kier molecular flexibility index (Phi) is 6.97. The average molecular weight is 492 g/mol. The van der Waals surface area contributed by atoms with Crippen LogP contribution in [0, 0.1) is 13.8 Å². The van der Waals surface area contributed by atoms with Crippen LogP contribution < -0.4 is 16.6 Å². The zero-order chi connectivity index (χ0) is 25.1.